The number of aryl methyl sites for hydroxylation is 1. The molecule has 1 N–H and O–H groups in total. The van der Waals surface area contributed by atoms with Crippen molar-refractivity contribution in [3.63, 3.8) is 0 Å². The lowest BCUT2D eigenvalue weighted by Crippen LogP contribution is -2.30. The molecule has 1 fully saturated rings. The molecule has 0 aliphatic carbocycles. The lowest BCUT2D eigenvalue weighted by atomic mass is 10.1. The molecular formula is C20H29N3O3. The number of piperidine rings is 1. The second kappa shape index (κ2) is 9.57. The summed E-state index contributed by atoms with van der Waals surface area (Å²) >= 11 is 0. The van der Waals surface area contributed by atoms with Gasteiger partial charge in [0.05, 0.1) is 18.4 Å². The molecule has 6 heteroatoms. The molecule has 0 aromatic carbocycles. The molecule has 0 spiro atoms. The number of aromatic nitrogens is 1. The van der Waals surface area contributed by atoms with Gasteiger partial charge in [-0.15, -0.1) is 0 Å². The number of hydrogen-bond acceptors (Lipinski definition) is 5. The van der Waals surface area contributed by atoms with Crippen LogP contribution in [0.4, 0.5) is 0 Å². The van der Waals surface area contributed by atoms with Crippen molar-refractivity contribution >= 4 is 5.91 Å². The van der Waals surface area contributed by atoms with E-state index in [-0.39, 0.29) is 12.3 Å². The normalized spacial score (nSPS) is 15.3. The predicted octanol–water partition coefficient (Wildman–Crippen LogP) is 3.56. The molecule has 0 atom stereocenters. The van der Waals surface area contributed by atoms with Crippen molar-refractivity contribution in [1.29, 1.82) is 0 Å². The van der Waals surface area contributed by atoms with Gasteiger partial charge in [-0.05, 0) is 64.4 Å². The fourth-order valence-corrected chi connectivity index (χ4v) is 3.36. The van der Waals surface area contributed by atoms with Crippen molar-refractivity contribution in [1.82, 2.24) is 15.2 Å². The van der Waals surface area contributed by atoms with Crippen molar-refractivity contribution in [3.05, 3.63) is 29.9 Å². The van der Waals surface area contributed by atoms with Gasteiger partial charge in [0, 0.05) is 6.54 Å². The summed E-state index contributed by atoms with van der Waals surface area (Å²) in [6, 6.07) is 3.57. The number of oxazole rings is 1. The minimum Gasteiger partial charge on any atom is -0.459 e. The summed E-state index contributed by atoms with van der Waals surface area (Å²) in [5, 5.41) is 2.98. The summed E-state index contributed by atoms with van der Waals surface area (Å²) in [5.41, 5.74) is 0.666. The van der Waals surface area contributed by atoms with E-state index in [9.17, 15) is 4.79 Å². The summed E-state index contributed by atoms with van der Waals surface area (Å²) in [7, 11) is 0. The highest BCUT2D eigenvalue weighted by Gasteiger charge is 2.16. The van der Waals surface area contributed by atoms with Crippen LogP contribution in [0.15, 0.2) is 27.2 Å². The highest BCUT2D eigenvalue weighted by Crippen LogP contribution is 2.22. The van der Waals surface area contributed by atoms with Crippen LogP contribution in [0.25, 0.3) is 11.7 Å². The van der Waals surface area contributed by atoms with E-state index < -0.39 is 0 Å². The first-order valence-corrected chi connectivity index (χ1v) is 9.71. The highest BCUT2D eigenvalue weighted by molar-refractivity contribution is 5.78. The van der Waals surface area contributed by atoms with E-state index in [0.717, 1.165) is 19.4 Å². The van der Waals surface area contributed by atoms with Crippen LogP contribution in [0.2, 0.25) is 0 Å². The molecule has 1 saturated heterocycles. The third kappa shape index (κ3) is 5.46. The number of unbranched alkanes of at least 4 members (excludes halogenated alkanes) is 2. The number of nitrogens with one attached hydrogen (secondary N) is 1. The van der Waals surface area contributed by atoms with Crippen LogP contribution in [-0.2, 0) is 11.2 Å². The van der Waals surface area contributed by atoms with E-state index in [2.05, 4.69) is 15.2 Å². The Morgan fingerprint density at radius 2 is 2.08 bits per heavy atom. The number of amides is 1. The number of nitrogens with zero attached hydrogens (tertiary/aromatic N) is 2. The Balaban J connectivity index is 1.32. The van der Waals surface area contributed by atoms with Gasteiger partial charge >= 0.3 is 0 Å². The molecule has 26 heavy (non-hydrogen) atoms. The first-order valence-electron chi connectivity index (χ1n) is 9.71. The molecule has 142 valence electrons. The molecule has 1 aliphatic heterocycles. The summed E-state index contributed by atoms with van der Waals surface area (Å²) in [6.45, 7) is 6.26. The zero-order valence-electron chi connectivity index (χ0n) is 15.6. The fraction of sp³-hybridized carbons (Fsp3) is 0.600. The summed E-state index contributed by atoms with van der Waals surface area (Å²) in [6.07, 6.45) is 9.29. The Morgan fingerprint density at radius 1 is 1.23 bits per heavy atom. The van der Waals surface area contributed by atoms with Crippen molar-refractivity contribution in [2.24, 2.45) is 0 Å². The van der Waals surface area contributed by atoms with Crippen LogP contribution in [0.3, 0.4) is 0 Å². The van der Waals surface area contributed by atoms with Gasteiger partial charge in [-0.2, -0.15) is 0 Å². The zero-order valence-corrected chi connectivity index (χ0v) is 15.6. The molecular weight excluding hydrogens is 330 g/mol. The number of carbonyl (C=O) groups is 1. The third-order valence-electron chi connectivity index (χ3n) is 4.87. The monoisotopic (exact) mass is 359 g/mol. The minimum atomic E-state index is -0.0107. The maximum absolute atomic E-state index is 12.1. The molecule has 3 rings (SSSR count). The largest absolute Gasteiger partial charge is 0.459 e. The molecule has 2 aromatic heterocycles. The van der Waals surface area contributed by atoms with Crippen LogP contribution in [0, 0.1) is 6.92 Å². The number of hydrogen-bond donors (Lipinski definition) is 1. The molecule has 1 amide bonds. The Hall–Kier alpha value is -2.08. The Bertz CT molecular complexity index is 673. The van der Waals surface area contributed by atoms with Crippen molar-refractivity contribution in [2.45, 2.75) is 51.9 Å². The SMILES string of the molecule is Cc1oc(-c2ccco2)nc1CC(=O)NCCCCCN1CCCCC1. The maximum atomic E-state index is 12.1. The first-order chi connectivity index (χ1) is 12.7. The topological polar surface area (TPSA) is 71.5 Å². The molecule has 0 saturated carbocycles. The van der Waals surface area contributed by atoms with Gasteiger partial charge in [0.25, 0.3) is 5.89 Å². The smallest absolute Gasteiger partial charge is 0.263 e. The number of furan rings is 1. The van der Waals surface area contributed by atoms with Crippen LogP contribution in [0.1, 0.15) is 50.0 Å². The van der Waals surface area contributed by atoms with Crippen molar-refractivity contribution in [3.8, 4) is 11.7 Å². The standard InChI is InChI=1S/C20H29N3O3/c1-16-17(22-20(26-16)18-9-8-14-25-18)15-19(24)21-10-4-2-5-11-23-12-6-3-7-13-23/h8-9,14H,2-7,10-13,15H2,1H3,(H,21,24). The van der Waals surface area contributed by atoms with Gasteiger partial charge < -0.3 is 19.1 Å². The minimum absolute atomic E-state index is 0.0107. The Kier molecular flexibility index (Phi) is 6.89. The van der Waals surface area contributed by atoms with Gasteiger partial charge in [0.15, 0.2) is 5.76 Å². The maximum Gasteiger partial charge on any atom is 0.263 e. The van der Waals surface area contributed by atoms with Gasteiger partial charge in [-0.1, -0.05) is 12.8 Å². The van der Waals surface area contributed by atoms with Crippen LogP contribution >= 0.6 is 0 Å². The summed E-state index contributed by atoms with van der Waals surface area (Å²) in [5.74, 6) is 1.65. The fourth-order valence-electron chi connectivity index (χ4n) is 3.36. The van der Waals surface area contributed by atoms with E-state index >= 15 is 0 Å². The average molecular weight is 359 g/mol. The molecule has 0 radical (unpaired) electrons. The van der Waals surface area contributed by atoms with E-state index in [1.165, 1.54) is 45.3 Å². The molecule has 0 bridgehead atoms. The van der Waals surface area contributed by atoms with Gasteiger partial charge in [-0.3, -0.25) is 4.79 Å². The summed E-state index contributed by atoms with van der Waals surface area (Å²) < 4.78 is 10.9. The Morgan fingerprint density at radius 3 is 2.85 bits per heavy atom. The molecule has 2 aromatic rings. The van der Waals surface area contributed by atoms with E-state index in [1.54, 1.807) is 18.4 Å². The van der Waals surface area contributed by atoms with Gasteiger partial charge in [0.2, 0.25) is 5.91 Å². The average Bonchev–Trinajstić information content (AvgIpc) is 3.29. The lowest BCUT2D eigenvalue weighted by Gasteiger charge is -2.26. The molecule has 3 heterocycles. The number of rotatable bonds is 9. The predicted molar refractivity (Wildman–Crippen MR) is 99.8 cm³/mol. The van der Waals surface area contributed by atoms with Crippen molar-refractivity contribution < 1.29 is 13.6 Å². The second-order valence-corrected chi connectivity index (χ2v) is 6.99. The second-order valence-electron chi connectivity index (χ2n) is 6.99. The summed E-state index contributed by atoms with van der Waals surface area (Å²) in [4.78, 5) is 19.1. The molecule has 0 unspecified atom stereocenters. The van der Waals surface area contributed by atoms with E-state index in [1.807, 2.05) is 6.92 Å². The lowest BCUT2D eigenvalue weighted by molar-refractivity contribution is -0.120. The Labute approximate surface area is 155 Å². The van der Waals surface area contributed by atoms with Crippen molar-refractivity contribution in [2.75, 3.05) is 26.2 Å². The van der Waals surface area contributed by atoms with Gasteiger partial charge in [0.1, 0.15) is 5.76 Å². The molecule has 1 aliphatic rings. The third-order valence-corrected chi connectivity index (χ3v) is 4.87. The van der Waals surface area contributed by atoms with Gasteiger partial charge in [-0.25, -0.2) is 4.98 Å². The quantitative estimate of drug-likeness (QED) is 0.693. The highest BCUT2D eigenvalue weighted by atomic mass is 16.4. The molecule has 6 nitrogen and oxygen atoms in total. The zero-order chi connectivity index (χ0) is 18.2. The number of carbonyl (C=O) groups excluding carboxylic acids is 1. The van der Waals surface area contributed by atoms with Crippen LogP contribution in [0.5, 0.6) is 0 Å². The van der Waals surface area contributed by atoms with E-state index in [4.69, 9.17) is 8.83 Å². The van der Waals surface area contributed by atoms with E-state index in [0.29, 0.717) is 23.1 Å². The number of likely N-dealkylation sites (tertiary alicyclic amines) is 1. The van der Waals surface area contributed by atoms with Crippen LogP contribution in [-0.4, -0.2) is 42.0 Å². The van der Waals surface area contributed by atoms with Crippen LogP contribution < -0.4 is 5.32 Å². The first kappa shape index (κ1) is 18.7.